The molecule has 4 aromatic rings. The second kappa shape index (κ2) is 9.16. The number of carbonyl (C=O) groups excluding carboxylic acids is 1. The van der Waals surface area contributed by atoms with Gasteiger partial charge in [-0.25, -0.2) is 0 Å². The fourth-order valence-electron chi connectivity index (χ4n) is 4.28. The Hall–Kier alpha value is -3.28. The fraction of sp³-hybridized carbons (Fsp3) is 0.185. The highest BCUT2D eigenvalue weighted by molar-refractivity contribution is 6.44. The van der Waals surface area contributed by atoms with E-state index < -0.39 is 4.84 Å². The average molecular weight is 493 g/mol. The zero-order valence-electron chi connectivity index (χ0n) is 18.7. The Morgan fingerprint density at radius 1 is 1.09 bits per heavy atom. The highest BCUT2D eigenvalue weighted by Gasteiger charge is 2.25. The van der Waals surface area contributed by atoms with Gasteiger partial charge in [-0.05, 0) is 72.9 Å². The Balaban J connectivity index is 1.46. The van der Waals surface area contributed by atoms with Crippen LogP contribution in [-0.4, -0.2) is 18.2 Å². The molecule has 1 aliphatic rings. The van der Waals surface area contributed by atoms with Crippen molar-refractivity contribution in [1.82, 2.24) is 5.16 Å². The number of nitrogens with zero attached hydrogens (tertiary/aromatic N) is 1. The summed E-state index contributed by atoms with van der Waals surface area (Å²) in [6, 6.07) is 18.9. The van der Waals surface area contributed by atoms with Crippen molar-refractivity contribution in [1.29, 1.82) is 0 Å². The molecular weight excluding hydrogens is 471 g/mol. The lowest BCUT2D eigenvalue weighted by Gasteiger charge is -2.16. The van der Waals surface area contributed by atoms with E-state index in [2.05, 4.69) is 16.5 Å². The van der Waals surface area contributed by atoms with E-state index >= 15 is 0 Å². The molecule has 0 unspecified atom stereocenters. The van der Waals surface area contributed by atoms with Gasteiger partial charge in [-0.15, -0.1) is 23.2 Å². The highest BCUT2D eigenvalue weighted by atomic mass is 35.5. The molecule has 7 heteroatoms. The molecular formula is C27H22Cl2N2O3. The van der Waals surface area contributed by atoms with E-state index in [1.807, 2.05) is 37.3 Å². The number of methoxy groups -OCH3 is 1. The number of aromatic nitrogens is 1. The van der Waals surface area contributed by atoms with Gasteiger partial charge in [-0.1, -0.05) is 29.4 Å². The number of ether oxygens (including phenoxy) is 1. The van der Waals surface area contributed by atoms with Gasteiger partial charge in [-0.3, -0.25) is 4.79 Å². The first-order valence-corrected chi connectivity index (χ1v) is 11.8. The Kier molecular flexibility index (Phi) is 6.07. The first kappa shape index (κ1) is 22.5. The molecule has 0 bridgehead atoms. The van der Waals surface area contributed by atoms with Crippen LogP contribution in [0.25, 0.3) is 22.6 Å². The summed E-state index contributed by atoms with van der Waals surface area (Å²) in [7, 11) is 1.67. The molecule has 0 spiro atoms. The smallest absolute Gasteiger partial charge is 0.255 e. The summed E-state index contributed by atoms with van der Waals surface area (Å²) < 4.78 is 11.2. The van der Waals surface area contributed by atoms with Gasteiger partial charge in [-0.2, -0.15) is 0 Å². The number of rotatable bonds is 5. The van der Waals surface area contributed by atoms with Gasteiger partial charge in [0.15, 0.2) is 5.76 Å². The van der Waals surface area contributed by atoms with Crippen molar-refractivity contribution in [2.45, 2.75) is 24.6 Å². The number of fused-ring (bicyclic) bond motifs is 3. The van der Waals surface area contributed by atoms with Crippen LogP contribution in [0.15, 0.2) is 65.2 Å². The average Bonchev–Trinajstić information content (AvgIpc) is 3.29. The number of nitrogens with one attached hydrogen (secondary N) is 1. The standard InChI is InChI=1S/C27H22Cl2N2O3/c1-15-6-7-17(14-23(15)30-27(32)19-5-3-4-18(12-19)26(28)29)25-22-10-8-16-13-20(33-2)9-11-21(16)24(22)31-34-25/h3-7,9,11-14,26H,8,10H2,1-2H3,(H,30,32). The molecule has 5 rings (SSSR count). The molecule has 0 saturated heterocycles. The van der Waals surface area contributed by atoms with Crippen molar-refractivity contribution in [3.05, 3.63) is 88.5 Å². The van der Waals surface area contributed by atoms with Crippen LogP contribution in [0.3, 0.4) is 0 Å². The van der Waals surface area contributed by atoms with Gasteiger partial charge in [0.25, 0.3) is 5.91 Å². The summed E-state index contributed by atoms with van der Waals surface area (Å²) in [6.07, 6.45) is 1.69. The van der Waals surface area contributed by atoms with Crippen LogP contribution >= 0.6 is 23.2 Å². The van der Waals surface area contributed by atoms with E-state index in [0.717, 1.165) is 52.3 Å². The van der Waals surface area contributed by atoms with E-state index in [4.69, 9.17) is 32.5 Å². The van der Waals surface area contributed by atoms with Gasteiger partial charge >= 0.3 is 0 Å². The van der Waals surface area contributed by atoms with Gasteiger partial charge < -0.3 is 14.6 Å². The van der Waals surface area contributed by atoms with Gasteiger partial charge in [0, 0.05) is 27.9 Å². The summed E-state index contributed by atoms with van der Waals surface area (Å²) >= 11 is 11.9. The first-order valence-electron chi connectivity index (χ1n) is 10.9. The van der Waals surface area contributed by atoms with Crippen molar-refractivity contribution in [3.63, 3.8) is 0 Å². The number of benzene rings is 3. The second-order valence-corrected chi connectivity index (χ2v) is 9.37. The van der Waals surface area contributed by atoms with E-state index in [1.165, 1.54) is 5.56 Å². The Morgan fingerprint density at radius 3 is 2.74 bits per heavy atom. The molecule has 0 saturated carbocycles. The molecule has 5 nitrogen and oxygen atoms in total. The zero-order chi connectivity index (χ0) is 23.8. The molecule has 172 valence electrons. The summed E-state index contributed by atoms with van der Waals surface area (Å²) in [5.41, 5.74) is 7.85. The second-order valence-electron chi connectivity index (χ2n) is 8.27. The maximum atomic E-state index is 12.9. The minimum absolute atomic E-state index is 0.237. The summed E-state index contributed by atoms with van der Waals surface area (Å²) in [4.78, 5) is 12.2. The molecule has 3 aromatic carbocycles. The van der Waals surface area contributed by atoms with Crippen LogP contribution in [0.2, 0.25) is 0 Å². The van der Waals surface area contributed by atoms with E-state index in [0.29, 0.717) is 16.8 Å². The molecule has 34 heavy (non-hydrogen) atoms. The summed E-state index contributed by atoms with van der Waals surface area (Å²) in [5, 5.41) is 7.39. The molecule has 1 aliphatic carbocycles. The number of amides is 1. The number of alkyl halides is 2. The third-order valence-corrected chi connectivity index (χ3v) is 6.65. The van der Waals surface area contributed by atoms with Crippen LogP contribution in [-0.2, 0) is 12.8 Å². The summed E-state index contributed by atoms with van der Waals surface area (Å²) in [5.74, 6) is 1.32. The number of hydrogen-bond donors (Lipinski definition) is 1. The fourth-order valence-corrected chi connectivity index (χ4v) is 4.55. The lowest BCUT2D eigenvalue weighted by atomic mass is 9.88. The van der Waals surface area contributed by atoms with E-state index in [9.17, 15) is 4.79 Å². The van der Waals surface area contributed by atoms with Crippen LogP contribution in [0, 0.1) is 6.92 Å². The number of anilines is 1. The van der Waals surface area contributed by atoms with Crippen molar-refractivity contribution in [3.8, 4) is 28.3 Å². The minimum atomic E-state index is -0.693. The predicted octanol–water partition coefficient (Wildman–Crippen LogP) is 7.15. The third kappa shape index (κ3) is 4.17. The molecule has 0 fully saturated rings. The number of halogens is 2. The molecule has 0 atom stereocenters. The number of hydrogen-bond acceptors (Lipinski definition) is 4. The Morgan fingerprint density at radius 2 is 1.94 bits per heavy atom. The van der Waals surface area contributed by atoms with E-state index in [-0.39, 0.29) is 5.91 Å². The molecule has 1 aromatic heterocycles. The molecule has 0 aliphatic heterocycles. The quantitative estimate of drug-likeness (QED) is 0.300. The molecule has 1 amide bonds. The van der Waals surface area contributed by atoms with Crippen molar-refractivity contribution < 1.29 is 14.1 Å². The molecule has 1 heterocycles. The monoisotopic (exact) mass is 492 g/mol. The largest absolute Gasteiger partial charge is 0.497 e. The Labute approximate surface area is 207 Å². The Bertz CT molecular complexity index is 1390. The van der Waals surface area contributed by atoms with Crippen molar-refractivity contribution in [2.24, 2.45) is 0 Å². The summed E-state index contributed by atoms with van der Waals surface area (Å²) in [6.45, 7) is 1.95. The van der Waals surface area contributed by atoms with Crippen LogP contribution < -0.4 is 10.1 Å². The highest BCUT2D eigenvalue weighted by Crippen LogP contribution is 2.40. The minimum Gasteiger partial charge on any atom is -0.497 e. The van der Waals surface area contributed by atoms with Crippen molar-refractivity contribution >= 4 is 34.8 Å². The maximum Gasteiger partial charge on any atom is 0.255 e. The zero-order valence-corrected chi connectivity index (χ0v) is 20.2. The SMILES string of the molecule is COc1ccc2c(c1)CCc1c-2noc1-c1ccc(C)c(NC(=O)c2cccc(C(Cl)Cl)c2)c1. The normalized spacial score (nSPS) is 12.3. The maximum absolute atomic E-state index is 12.9. The lowest BCUT2D eigenvalue weighted by Crippen LogP contribution is -2.13. The van der Waals surface area contributed by atoms with Crippen molar-refractivity contribution in [2.75, 3.05) is 12.4 Å². The lowest BCUT2D eigenvalue weighted by molar-refractivity contribution is 0.102. The van der Waals surface area contributed by atoms with Crippen LogP contribution in [0.1, 0.15) is 37.4 Å². The van der Waals surface area contributed by atoms with Crippen LogP contribution in [0.5, 0.6) is 5.75 Å². The first-order chi connectivity index (χ1) is 16.4. The van der Waals surface area contributed by atoms with E-state index in [1.54, 1.807) is 31.4 Å². The predicted molar refractivity (Wildman–Crippen MR) is 135 cm³/mol. The third-order valence-electron chi connectivity index (χ3n) is 6.15. The molecule has 1 N–H and O–H groups in total. The number of aryl methyl sites for hydroxylation is 2. The van der Waals surface area contributed by atoms with Crippen LogP contribution in [0.4, 0.5) is 5.69 Å². The van der Waals surface area contributed by atoms with Gasteiger partial charge in [0.2, 0.25) is 0 Å². The number of carbonyl (C=O) groups is 1. The van der Waals surface area contributed by atoms with Gasteiger partial charge in [0.05, 0.1) is 7.11 Å². The molecule has 0 radical (unpaired) electrons. The van der Waals surface area contributed by atoms with Gasteiger partial charge in [0.1, 0.15) is 16.3 Å². The topological polar surface area (TPSA) is 64.4 Å².